The predicted octanol–water partition coefficient (Wildman–Crippen LogP) is 2.13. The van der Waals surface area contributed by atoms with Gasteiger partial charge < -0.3 is 19.7 Å². The molecule has 2 aliphatic rings. The smallest absolute Gasteiger partial charge is 0.154 e. The molecule has 2 aromatic heterocycles. The maximum atomic E-state index is 12.6. The standard InChI is InChI=1S/C22H34N6O2S/c1-26-11-13-28(14-12-26)10-3-15-31(29,30)16-18-4-6-19(7-5-18)27(2)22-20-8-9-23-21(20)24-17-25-22/h3,8-10,17-19H,4-7,11-16H2,1-2H3,(H,23,24,25). The Labute approximate surface area is 185 Å². The predicted molar refractivity (Wildman–Crippen MR) is 125 cm³/mol. The minimum atomic E-state index is -3.07. The number of nitrogens with one attached hydrogen (secondary N) is 1. The molecule has 0 bridgehead atoms. The quantitative estimate of drug-likeness (QED) is 0.697. The van der Waals surface area contributed by atoms with E-state index in [1.54, 1.807) is 6.33 Å². The summed E-state index contributed by atoms with van der Waals surface area (Å²) in [7, 11) is 1.13. The summed E-state index contributed by atoms with van der Waals surface area (Å²) >= 11 is 0. The summed E-state index contributed by atoms with van der Waals surface area (Å²) in [6, 6.07) is 2.39. The van der Waals surface area contributed by atoms with Gasteiger partial charge in [-0.05, 0) is 50.9 Å². The summed E-state index contributed by atoms with van der Waals surface area (Å²) in [4.78, 5) is 18.6. The fraction of sp³-hybridized carbons (Fsp3) is 0.636. The molecule has 9 heteroatoms. The van der Waals surface area contributed by atoms with Gasteiger partial charge in [0, 0.05) is 45.5 Å². The Morgan fingerprint density at radius 1 is 1.16 bits per heavy atom. The minimum absolute atomic E-state index is 0.144. The van der Waals surface area contributed by atoms with Crippen molar-refractivity contribution in [3.63, 3.8) is 0 Å². The number of hydrogen-bond donors (Lipinski definition) is 1. The highest BCUT2D eigenvalue weighted by Crippen LogP contribution is 2.32. The van der Waals surface area contributed by atoms with Crippen LogP contribution < -0.4 is 4.90 Å². The largest absolute Gasteiger partial charge is 0.375 e. The molecular weight excluding hydrogens is 412 g/mol. The molecule has 170 valence electrons. The molecule has 1 aliphatic heterocycles. The van der Waals surface area contributed by atoms with Gasteiger partial charge in [0.15, 0.2) is 9.84 Å². The zero-order valence-corrected chi connectivity index (χ0v) is 19.4. The summed E-state index contributed by atoms with van der Waals surface area (Å²) in [5.41, 5.74) is 0.848. The average molecular weight is 447 g/mol. The maximum Gasteiger partial charge on any atom is 0.154 e. The molecule has 0 unspecified atom stereocenters. The summed E-state index contributed by atoms with van der Waals surface area (Å²) in [5.74, 6) is 1.64. The lowest BCUT2D eigenvalue weighted by molar-refractivity contribution is 0.198. The van der Waals surface area contributed by atoms with Gasteiger partial charge >= 0.3 is 0 Å². The number of piperazine rings is 1. The molecule has 2 fully saturated rings. The van der Waals surface area contributed by atoms with Crippen molar-refractivity contribution >= 4 is 26.7 Å². The second-order valence-corrected chi connectivity index (χ2v) is 11.2. The Kier molecular flexibility index (Phi) is 6.81. The van der Waals surface area contributed by atoms with Crippen molar-refractivity contribution < 1.29 is 8.42 Å². The molecule has 0 spiro atoms. The van der Waals surface area contributed by atoms with Gasteiger partial charge in [-0.1, -0.05) is 6.08 Å². The van der Waals surface area contributed by atoms with Crippen molar-refractivity contribution in [3.8, 4) is 0 Å². The van der Waals surface area contributed by atoms with Crippen molar-refractivity contribution in [1.29, 1.82) is 0 Å². The van der Waals surface area contributed by atoms with E-state index in [1.165, 1.54) is 0 Å². The van der Waals surface area contributed by atoms with Gasteiger partial charge in [-0.25, -0.2) is 18.4 Å². The van der Waals surface area contributed by atoms with E-state index in [9.17, 15) is 8.42 Å². The fourth-order valence-electron chi connectivity index (χ4n) is 4.75. The Hall–Kier alpha value is -2.13. The van der Waals surface area contributed by atoms with Gasteiger partial charge in [0.05, 0.1) is 16.9 Å². The van der Waals surface area contributed by atoms with E-state index >= 15 is 0 Å². The number of anilines is 1. The second kappa shape index (κ2) is 9.56. The fourth-order valence-corrected chi connectivity index (χ4v) is 6.32. The Morgan fingerprint density at radius 3 is 2.65 bits per heavy atom. The maximum absolute atomic E-state index is 12.6. The Morgan fingerprint density at radius 2 is 1.90 bits per heavy atom. The minimum Gasteiger partial charge on any atom is -0.375 e. The van der Waals surface area contributed by atoms with Crippen LogP contribution in [0.25, 0.3) is 11.0 Å². The molecule has 31 heavy (non-hydrogen) atoms. The zero-order valence-electron chi connectivity index (χ0n) is 18.6. The van der Waals surface area contributed by atoms with E-state index in [4.69, 9.17) is 0 Å². The van der Waals surface area contributed by atoms with Crippen molar-refractivity contribution in [1.82, 2.24) is 24.8 Å². The van der Waals surface area contributed by atoms with Crippen molar-refractivity contribution in [3.05, 3.63) is 30.9 Å². The van der Waals surface area contributed by atoms with Gasteiger partial charge in [0.25, 0.3) is 0 Å². The average Bonchev–Trinajstić information content (AvgIpc) is 3.24. The lowest BCUT2D eigenvalue weighted by atomic mass is 9.86. The number of rotatable bonds is 7. The van der Waals surface area contributed by atoms with E-state index < -0.39 is 9.84 Å². The first kappa shape index (κ1) is 22.1. The van der Waals surface area contributed by atoms with Gasteiger partial charge in [0.2, 0.25) is 0 Å². The molecule has 0 aromatic carbocycles. The van der Waals surface area contributed by atoms with Crippen LogP contribution in [-0.2, 0) is 9.84 Å². The number of fused-ring (bicyclic) bond motifs is 1. The van der Waals surface area contributed by atoms with Crippen LogP contribution in [0.15, 0.2) is 30.9 Å². The van der Waals surface area contributed by atoms with Crippen LogP contribution in [-0.4, -0.2) is 91.0 Å². The van der Waals surface area contributed by atoms with Gasteiger partial charge in [0.1, 0.15) is 17.8 Å². The molecule has 2 aromatic rings. The van der Waals surface area contributed by atoms with Crippen molar-refractivity contribution in [2.45, 2.75) is 31.7 Å². The first-order valence-electron chi connectivity index (χ1n) is 11.2. The van der Waals surface area contributed by atoms with Gasteiger partial charge in [-0.3, -0.25) is 0 Å². The topological polar surface area (TPSA) is 85.4 Å². The van der Waals surface area contributed by atoms with E-state index in [-0.39, 0.29) is 11.7 Å². The lowest BCUT2D eigenvalue weighted by Gasteiger charge is -2.35. The molecular formula is C22H34N6O2S. The Balaban J connectivity index is 1.26. The molecule has 0 radical (unpaired) electrons. The molecule has 3 heterocycles. The van der Waals surface area contributed by atoms with E-state index in [0.29, 0.717) is 11.8 Å². The number of aromatic amines is 1. The Bertz CT molecular complexity index is 988. The highest BCUT2D eigenvalue weighted by molar-refractivity contribution is 7.91. The number of likely N-dealkylation sites (N-methyl/N-ethyl adjacent to an activating group) is 1. The second-order valence-electron chi connectivity index (χ2n) is 9.02. The third kappa shape index (κ3) is 5.57. The van der Waals surface area contributed by atoms with E-state index in [0.717, 1.165) is 68.7 Å². The first-order chi connectivity index (χ1) is 14.9. The number of hydrogen-bond acceptors (Lipinski definition) is 7. The molecule has 8 nitrogen and oxygen atoms in total. The summed E-state index contributed by atoms with van der Waals surface area (Å²) in [6.45, 7) is 3.98. The summed E-state index contributed by atoms with van der Waals surface area (Å²) in [5, 5.41) is 1.03. The lowest BCUT2D eigenvalue weighted by Crippen LogP contribution is -2.41. The van der Waals surface area contributed by atoms with Gasteiger partial charge in [-0.15, -0.1) is 0 Å². The molecule has 1 saturated heterocycles. The molecule has 4 rings (SSSR count). The molecule has 1 N–H and O–H groups in total. The van der Waals surface area contributed by atoms with Crippen LogP contribution in [0.2, 0.25) is 0 Å². The first-order valence-corrected chi connectivity index (χ1v) is 13.0. The van der Waals surface area contributed by atoms with Crippen molar-refractivity contribution in [2.75, 3.05) is 56.7 Å². The monoisotopic (exact) mass is 446 g/mol. The molecule has 1 saturated carbocycles. The summed E-state index contributed by atoms with van der Waals surface area (Å²) in [6.07, 6.45) is 11.1. The van der Waals surface area contributed by atoms with Crippen LogP contribution in [0.5, 0.6) is 0 Å². The van der Waals surface area contributed by atoms with Gasteiger partial charge in [-0.2, -0.15) is 0 Å². The van der Waals surface area contributed by atoms with Crippen LogP contribution in [0.3, 0.4) is 0 Å². The summed E-state index contributed by atoms with van der Waals surface area (Å²) < 4.78 is 25.3. The van der Waals surface area contributed by atoms with Crippen molar-refractivity contribution in [2.24, 2.45) is 5.92 Å². The highest BCUT2D eigenvalue weighted by Gasteiger charge is 2.28. The van der Waals surface area contributed by atoms with Crippen LogP contribution in [0.4, 0.5) is 5.82 Å². The van der Waals surface area contributed by atoms with Crippen LogP contribution in [0.1, 0.15) is 25.7 Å². The van der Waals surface area contributed by atoms with E-state index in [1.807, 2.05) is 24.5 Å². The zero-order chi connectivity index (χ0) is 21.8. The van der Waals surface area contributed by atoms with Crippen LogP contribution in [0, 0.1) is 5.92 Å². The number of aromatic nitrogens is 3. The normalized spacial score (nSPS) is 23.6. The number of nitrogens with zero attached hydrogens (tertiary/aromatic N) is 5. The molecule has 0 amide bonds. The molecule has 0 atom stereocenters. The number of H-pyrrole nitrogens is 1. The van der Waals surface area contributed by atoms with Crippen LogP contribution >= 0.6 is 0 Å². The van der Waals surface area contributed by atoms with E-state index in [2.05, 4.69) is 43.7 Å². The highest BCUT2D eigenvalue weighted by atomic mass is 32.2. The molecule has 1 aliphatic carbocycles. The third-order valence-corrected chi connectivity index (χ3v) is 8.40. The third-order valence-electron chi connectivity index (χ3n) is 6.72. The SMILES string of the molecule is CN1CCN(C=CCS(=O)(=O)CC2CCC(N(C)c3ncnc4[nH]ccc34)CC2)CC1. The number of sulfone groups is 1.